The number of ether oxygens (including phenoxy) is 2. The second kappa shape index (κ2) is 50.8. The van der Waals surface area contributed by atoms with Gasteiger partial charge in [0.05, 0.1) is 13.2 Å². The maximum Gasteiger partial charge on any atom is 0.472 e. The number of phosphoric ester groups is 1. The summed E-state index contributed by atoms with van der Waals surface area (Å²) in [6.45, 7) is 4.33. The lowest BCUT2D eigenvalue weighted by Gasteiger charge is -2.41. The van der Waals surface area contributed by atoms with Gasteiger partial charge >= 0.3 is 13.8 Å². The molecule has 12 nitrogen and oxygen atoms in total. The van der Waals surface area contributed by atoms with Crippen LogP contribution in [0.1, 0.15) is 316 Å². The molecule has 13 heteroatoms. The van der Waals surface area contributed by atoms with Gasteiger partial charge in [0.15, 0.2) is 0 Å². The molecule has 1 aliphatic rings. The van der Waals surface area contributed by atoms with E-state index in [1.165, 1.54) is 250 Å². The Bertz CT molecular complexity index is 1210. The molecule has 0 saturated heterocycles. The Labute approximate surface area is 448 Å². The van der Waals surface area contributed by atoms with Crippen molar-refractivity contribution in [2.24, 2.45) is 0 Å². The van der Waals surface area contributed by atoms with Crippen molar-refractivity contribution < 1.29 is 58.3 Å². The van der Waals surface area contributed by atoms with Gasteiger partial charge in [-0.3, -0.25) is 13.8 Å². The summed E-state index contributed by atoms with van der Waals surface area (Å²) in [5.41, 5.74) is 0. The van der Waals surface area contributed by atoms with Crippen molar-refractivity contribution in [3.63, 3.8) is 0 Å². The number of esters is 1. The average Bonchev–Trinajstić information content (AvgIpc) is 3.38. The Hall–Kier alpha value is -0.660. The Morgan fingerprint density at radius 2 is 0.644 bits per heavy atom. The van der Waals surface area contributed by atoms with Crippen molar-refractivity contribution in [2.75, 3.05) is 19.8 Å². The van der Waals surface area contributed by atoms with E-state index in [9.17, 15) is 39.8 Å². The minimum absolute atomic E-state index is 0.0677. The topological polar surface area (TPSA) is 192 Å². The summed E-state index contributed by atoms with van der Waals surface area (Å²) in [5.74, 6) is -0.467. The third kappa shape index (κ3) is 42.0. The summed E-state index contributed by atoms with van der Waals surface area (Å²) >= 11 is 0. The van der Waals surface area contributed by atoms with Crippen molar-refractivity contribution in [3.8, 4) is 0 Å². The van der Waals surface area contributed by atoms with Gasteiger partial charge in [0.25, 0.3) is 0 Å². The lowest BCUT2D eigenvalue weighted by atomic mass is 9.85. The van der Waals surface area contributed by atoms with Gasteiger partial charge in [0.1, 0.15) is 42.7 Å². The predicted octanol–water partition coefficient (Wildman–Crippen LogP) is 15.6. The Balaban J connectivity index is 2.10. The van der Waals surface area contributed by atoms with E-state index in [1.807, 2.05) is 0 Å². The van der Waals surface area contributed by atoms with Crippen LogP contribution in [0.25, 0.3) is 0 Å². The molecule has 0 aromatic rings. The molecule has 436 valence electrons. The Morgan fingerprint density at radius 3 is 0.945 bits per heavy atom. The molecule has 0 aromatic heterocycles. The molecule has 1 rings (SSSR count). The molecule has 0 aliphatic heterocycles. The average molecular weight is 1060 g/mol. The summed E-state index contributed by atoms with van der Waals surface area (Å²) in [6.07, 6.45) is 47.9. The first-order chi connectivity index (χ1) is 35.5. The van der Waals surface area contributed by atoms with Crippen LogP contribution < -0.4 is 0 Å². The minimum Gasteiger partial charge on any atom is -0.457 e. The fourth-order valence-electron chi connectivity index (χ4n) is 10.3. The number of hydrogen-bond acceptors (Lipinski definition) is 11. The molecule has 0 aromatic carbocycles. The zero-order chi connectivity index (χ0) is 53.3. The van der Waals surface area contributed by atoms with Crippen LogP contribution in [-0.4, -0.2) is 98.9 Å². The largest absolute Gasteiger partial charge is 0.472 e. The van der Waals surface area contributed by atoms with Gasteiger partial charge in [0.2, 0.25) is 0 Å². The van der Waals surface area contributed by atoms with Crippen molar-refractivity contribution in [3.05, 3.63) is 0 Å². The van der Waals surface area contributed by atoms with Crippen LogP contribution in [0, 0.1) is 0 Å². The number of rotatable bonds is 56. The van der Waals surface area contributed by atoms with Gasteiger partial charge in [-0.2, -0.15) is 0 Å². The first-order valence-corrected chi connectivity index (χ1v) is 32.9. The molecular weight excluding hydrogens is 944 g/mol. The molecule has 8 atom stereocenters. The molecular formula is C60H119O12P. The van der Waals surface area contributed by atoms with Gasteiger partial charge in [-0.25, -0.2) is 4.57 Å². The van der Waals surface area contributed by atoms with Crippen LogP contribution in [0.2, 0.25) is 0 Å². The monoisotopic (exact) mass is 1060 g/mol. The SMILES string of the molecule is CCCCCCCCCCCCCCCCCCCCCCCCCCCCCCCCCCCCC(=O)O[C@H](COCCCCCCCCCCCCCC)COP(=O)(O)OC1C(O)C(O)C(O)[C@@H](O)C1O. The van der Waals surface area contributed by atoms with Gasteiger partial charge in [0, 0.05) is 13.0 Å². The summed E-state index contributed by atoms with van der Waals surface area (Å²) in [5, 5.41) is 50.4. The standard InChI is InChI=1S/C60H119O12P/c1-3-5-7-9-11-13-15-17-18-19-20-21-22-23-24-25-26-27-28-29-30-31-32-33-34-35-36-37-38-39-41-43-45-47-49-54(61)71-53(51-69-50-48-46-44-42-40-16-14-12-10-8-6-4-2)52-70-73(67,68)72-60-58(65)56(63)55(62)57(64)59(60)66/h53,55-60,62-66H,3-52H2,1-2H3,(H,67,68)/t53-,55?,56-,57?,58?,59?,60?/m1/s1. The lowest BCUT2D eigenvalue weighted by Crippen LogP contribution is -2.64. The third-order valence-corrected chi connectivity index (χ3v) is 16.2. The number of hydrogen-bond donors (Lipinski definition) is 6. The Morgan fingerprint density at radius 1 is 0.384 bits per heavy atom. The first-order valence-electron chi connectivity index (χ1n) is 31.4. The van der Waals surface area contributed by atoms with E-state index in [0.717, 1.165) is 38.5 Å². The minimum atomic E-state index is -5.02. The van der Waals surface area contributed by atoms with Crippen LogP contribution in [0.5, 0.6) is 0 Å². The highest BCUT2D eigenvalue weighted by molar-refractivity contribution is 7.47. The number of phosphoric acid groups is 1. The molecule has 0 spiro atoms. The zero-order valence-electron chi connectivity index (χ0n) is 47.5. The molecule has 73 heavy (non-hydrogen) atoms. The van der Waals surface area contributed by atoms with E-state index >= 15 is 0 Å². The van der Waals surface area contributed by atoms with Crippen LogP contribution >= 0.6 is 7.82 Å². The third-order valence-electron chi connectivity index (χ3n) is 15.2. The van der Waals surface area contributed by atoms with Crippen LogP contribution in [-0.2, 0) is 27.9 Å². The molecule has 1 saturated carbocycles. The highest BCUT2D eigenvalue weighted by atomic mass is 31.2. The first kappa shape index (κ1) is 70.4. The second-order valence-electron chi connectivity index (χ2n) is 22.3. The molecule has 1 fully saturated rings. The second-order valence-corrected chi connectivity index (χ2v) is 23.7. The highest BCUT2D eigenvalue weighted by Crippen LogP contribution is 2.47. The summed E-state index contributed by atoms with van der Waals surface area (Å²) in [6, 6.07) is 0. The predicted molar refractivity (Wildman–Crippen MR) is 300 cm³/mol. The maximum atomic E-state index is 12.9. The number of carbonyl (C=O) groups is 1. The van der Waals surface area contributed by atoms with Crippen molar-refractivity contribution in [2.45, 2.75) is 358 Å². The van der Waals surface area contributed by atoms with E-state index in [1.54, 1.807) is 0 Å². The van der Waals surface area contributed by atoms with Crippen LogP contribution in [0.3, 0.4) is 0 Å². The molecule has 0 radical (unpaired) electrons. The smallest absolute Gasteiger partial charge is 0.457 e. The number of aliphatic hydroxyl groups excluding tert-OH is 5. The maximum absolute atomic E-state index is 12.9. The van der Waals surface area contributed by atoms with Gasteiger partial charge < -0.3 is 39.9 Å². The number of carbonyl (C=O) groups excluding carboxylic acids is 1. The normalized spacial score (nSPS) is 20.4. The van der Waals surface area contributed by atoms with Gasteiger partial charge in [-0.05, 0) is 12.8 Å². The van der Waals surface area contributed by atoms with Crippen molar-refractivity contribution in [1.29, 1.82) is 0 Å². The summed E-state index contributed by atoms with van der Waals surface area (Å²) < 4.78 is 34.4. The zero-order valence-corrected chi connectivity index (χ0v) is 48.4. The van der Waals surface area contributed by atoms with Crippen molar-refractivity contribution in [1.82, 2.24) is 0 Å². The van der Waals surface area contributed by atoms with Crippen LogP contribution in [0.15, 0.2) is 0 Å². The van der Waals surface area contributed by atoms with E-state index in [2.05, 4.69) is 13.8 Å². The summed E-state index contributed by atoms with van der Waals surface area (Å²) in [7, 11) is -5.02. The fourth-order valence-corrected chi connectivity index (χ4v) is 11.3. The van der Waals surface area contributed by atoms with Gasteiger partial charge in [-0.1, -0.05) is 296 Å². The molecule has 6 unspecified atom stereocenters. The summed E-state index contributed by atoms with van der Waals surface area (Å²) in [4.78, 5) is 23.3. The van der Waals surface area contributed by atoms with Crippen molar-refractivity contribution >= 4 is 13.8 Å². The molecule has 0 bridgehead atoms. The van der Waals surface area contributed by atoms with Crippen LogP contribution in [0.4, 0.5) is 0 Å². The highest BCUT2D eigenvalue weighted by Gasteiger charge is 2.51. The molecule has 6 N–H and O–H groups in total. The molecule has 0 heterocycles. The van der Waals surface area contributed by atoms with E-state index in [0.29, 0.717) is 13.0 Å². The quantitative estimate of drug-likeness (QED) is 0.0192. The molecule has 0 amide bonds. The molecule has 1 aliphatic carbocycles. The number of aliphatic hydroxyl groups is 5. The Kier molecular flexibility index (Phi) is 49.0. The lowest BCUT2D eigenvalue weighted by molar-refractivity contribution is -0.220. The van der Waals surface area contributed by atoms with E-state index < -0.39 is 63.1 Å². The van der Waals surface area contributed by atoms with E-state index in [4.69, 9.17) is 18.5 Å². The van der Waals surface area contributed by atoms with Gasteiger partial charge in [-0.15, -0.1) is 0 Å². The fraction of sp³-hybridized carbons (Fsp3) is 0.983. The van der Waals surface area contributed by atoms with E-state index in [-0.39, 0.29) is 13.0 Å². The number of unbranched alkanes of at least 4 members (excludes halogenated alkanes) is 44.